The van der Waals surface area contributed by atoms with Gasteiger partial charge in [0, 0.05) is 35.9 Å². The van der Waals surface area contributed by atoms with E-state index in [1.807, 2.05) is 19.1 Å². The Bertz CT molecular complexity index is 709. The number of sulfone groups is 1. The first-order valence-corrected chi connectivity index (χ1v) is 10.00. The predicted octanol–water partition coefficient (Wildman–Crippen LogP) is 2.77. The van der Waals surface area contributed by atoms with Crippen LogP contribution in [-0.2, 0) is 14.6 Å². The molecule has 1 heterocycles. The van der Waals surface area contributed by atoms with E-state index in [0.29, 0.717) is 28.4 Å². The van der Waals surface area contributed by atoms with Gasteiger partial charge >= 0.3 is 0 Å². The molecule has 1 aromatic rings. The Morgan fingerprint density at radius 2 is 2.09 bits per heavy atom. The molecule has 5 heteroatoms. The van der Waals surface area contributed by atoms with Crippen molar-refractivity contribution in [1.29, 1.82) is 0 Å². The Morgan fingerprint density at radius 3 is 2.73 bits per heavy atom. The van der Waals surface area contributed by atoms with Gasteiger partial charge in [-0.1, -0.05) is 12.5 Å². The van der Waals surface area contributed by atoms with Crippen LogP contribution in [0.5, 0.6) is 0 Å². The summed E-state index contributed by atoms with van der Waals surface area (Å²) in [6.07, 6.45) is 6.57. The zero-order chi connectivity index (χ0) is 15.5. The van der Waals surface area contributed by atoms with Crippen molar-refractivity contribution in [2.75, 3.05) is 18.2 Å². The minimum atomic E-state index is -3.18. The maximum atomic E-state index is 11.9. The number of aryl methyl sites for hydroxylation is 1. The van der Waals surface area contributed by atoms with Gasteiger partial charge in [-0.15, -0.1) is 0 Å². The van der Waals surface area contributed by atoms with Crippen LogP contribution in [0.3, 0.4) is 0 Å². The molecule has 1 N–H and O–H groups in total. The monoisotopic (exact) mass is 321 g/mol. The van der Waals surface area contributed by atoms with Gasteiger partial charge in [0.25, 0.3) is 0 Å². The summed E-state index contributed by atoms with van der Waals surface area (Å²) >= 11 is 0. The van der Waals surface area contributed by atoms with Crippen LogP contribution in [0.4, 0.5) is 5.69 Å². The summed E-state index contributed by atoms with van der Waals surface area (Å²) in [5.41, 5.74) is 2.03. The highest BCUT2D eigenvalue weighted by Crippen LogP contribution is 2.63. The summed E-state index contributed by atoms with van der Waals surface area (Å²) in [7, 11) is -3.18. The van der Waals surface area contributed by atoms with Gasteiger partial charge in [-0.2, -0.15) is 0 Å². The number of rotatable bonds is 3. The molecule has 3 atom stereocenters. The topological polar surface area (TPSA) is 55.4 Å². The fraction of sp³-hybridized carbons (Fsp3) is 0.647. The van der Waals surface area contributed by atoms with E-state index in [2.05, 4.69) is 5.32 Å². The fourth-order valence-corrected chi connectivity index (χ4v) is 5.72. The highest BCUT2D eigenvalue weighted by atomic mass is 32.2. The maximum Gasteiger partial charge on any atom is 0.175 e. The Morgan fingerprint density at radius 1 is 1.32 bits per heavy atom. The Labute approximate surface area is 132 Å². The number of fused-ring (bicyclic) bond motifs is 2. The van der Waals surface area contributed by atoms with Crippen molar-refractivity contribution in [2.24, 2.45) is 11.3 Å². The Balaban J connectivity index is 1.61. The summed E-state index contributed by atoms with van der Waals surface area (Å²) in [5.74, 6) is 0.586. The molecule has 4 nitrogen and oxygen atoms in total. The lowest BCUT2D eigenvalue weighted by atomic mass is 9.46. The fourth-order valence-electron chi connectivity index (χ4n) is 4.72. The zero-order valence-electron chi connectivity index (χ0n) is 13.1. The molecule has 0 amide bonds. The summed E-state index contributed by atoms with van der Waals surface area (Å²) in [4.78, 5) is 0.429. The molecule has 1 saturated heterocycles. The van der Waals surface area contributed by atoms with E-state index in [0.717, 1.165) is 24.3 Å². The number of ether oxygens (including phenoxy) is 1. The lowest BCUT2D eigenvalue weighted by molar-refractivity contribution is -0.158. The average Bonchev–Trinajstić information content (AvgIpc) is 2.80. The molecule has 120 valence electrons. The SMILES string of the molecule is Cc1ccc(NC2C3CCOC3C23CCC3)cc1S(C)(=O)=O. The second-order valence-corrected chi connectivity index (χ2v) is 9.19. The molecule has 4 rings (SSSR count). The first kappa shape index (κ1) is 14.5. The van der Waals surface area contributed by atoms with Crippen LogP contribution in [0.15, 0.2) is 23.1 Å². The number of nitrogens with one attached hydrogen (secondary N) is 1. The van der Waals surface area contributed by atoms with Crippen LogP contribution < -0.4 is 5.32 Å². The minimum absolute atomic E-state index is 0.303. The van der Waals surface area contributed by atoms with E-state index in [4.69, 9.17) is 4.74 Å². The van der Waals surface area contributed by atoms with Crippen molar-refractivity contribution in [2.45, 2.75) is 49.6 Å². The van der Waals surface area contributed by atoms with Crippen molar-refractivity contribution in [1.82, 2.24) is 0 Å². The highest BCUT2D eigenvalue weighted by Gasteiger charge is 2.66. The van der Waals surface area contributed by atoms with Crippen molar-refractivity contribution in [3.63, 3.8) is 0 Å². The van der Waals surface area contributed by atoms with E-state index in [9.17, 15) is 8.42 Å². The molecule has 1 spiro atoms. The largest absolute Gasteiger partial charge is 0.381 e. The van der Waals surface area contributed by atoms with Crippen molar-refractivity contribution in [3.05, 3.63) is 23.8 Å². The van der Waals surface area contributed by atoms with Crippen molar-refractivity contribution < 1.29 is 13.2 Å². The van der Waals surface area contributed by atoms with Gasteiger partial charge < -0.3 is 10.1 Å². The molecule has 0 aromatic heterocycles. The third-order valence-electron chi connectivity index (χ3n) is 5.95. The minimum Gasteiger partial charge on any atom is -0.381 e. The maximum absolute atomic E-state index is 11.9. The molecule has 3 aliphatic rings. The second kappa shape index (κ2) is 4.71. The molecule has 0 radical (unpaired) electrons. The van der Waals surface area contributed by atoms with Crippen LogP contribution in [-0.4, -0.2) is 33.4 Å². The van der Waals surface area contributed by atoms with E-state index in [1.54, 1.807) is 6.07 Å². The molecule has 3 fully saturated rings. The Hall–Kier alpha value is -1.07. The first-order valence-electron chi connectivity index (χ1n) is 8.11. The van der Waals surface area contributed by atoms with Crippen LogP contribution in [0, 0.1) is 18.3 Å². The molecular weight excluding hydrogens is 298 g/mol. The van der Waals surface area contributed by atoms with Crippen LogP contribution >= 0.6 is 0 Å². The van der Waals surface area contributed by atoms with Gasteiger partial charge in [0.15, 0.2) is 9.84 Å². The summed E-state index contributed by atoms with van der Waals surface area (Å²) in [5, 5.41) is 3.64. The van der Waals surface area contributed by atoms with E-state index in [-0.39, 0.29) is 0 Å². The summed E-state index contributed by atoms with van der Waals surface area (Å²) in [6, 6.07) is 6.12. The van der Waals surface area contributed by atoms with Gasteiger partial charge in [0.1, 0.15) is 0 Å². The quantitative estimate of drug-likeness (QED) is 0.930. The lowest BCUT2D eigenvalue weighted by Crippen LogP contribution is -2.68. The molecular formula is C17H23NO3S. The molecule has 1 aromatic carbocycles. The highest BCUT2D eigenvalue weighted by molar-refractivity contribution is 7.90. The Kier molecular flexibility index (Phi) is 3.11. The lowest BCUT2D eigenvalue weighted by Gasteiger charge is -2.63. The van der Waals surface area contributed by atoms with Gasteiger partial charge in [-0.25, -0.2) is 8.42 Å². The van der Waals surface area contributed by atoms with Gasteiger partial charge in [0.05, 0.1) is 11.0 Å². The summed E-state index contributed by atoms with van der Waals surface area (Å²) < 4.78 is 29.7. The van der Waals surface area contributed by atoms with Crippen LogP contribution in [0.2, 0.25) is 0 Å². The molecule has 2 saturated carbocycles. The van der Waals surface area contributed by atoms with Crippen molar-refractivity contribution >= 4 is 15.5 Å². The third-order valence-corrected chi connectivity index (χ3v) is 7.18. The van der Waals surface area contributed by atoms with Crippen LogP contribution in [0.25, 0.3) is 0 Å². The van der Waals surface area contributed by atoms with Gasteiger partial charge in [-0.3, -0.25) is 0 Å². The molecule has 1 aliphatic heterocycles. The van der Waals surface area contributed by atoms with Crippen LogP contribution in [0.1, 0.15) is 31.2 Å². The second-order valence-electron chi connectivity index (χ2n) is 7.21. The third kappa shape index (κ3) is 1.95. The zero-order valence-corrected chi connectivity index (χ0v) is 13.9. The van der Waals surface area contributed by atoms with Crippen molar-refractivity contribution in [3.8, 4) is 0 Å². The van der Waals surface area contributed by atoms with E-state index < -0.39 is 9.84 Å². The number of benzene rings is 1. The van der Waals surface area contributed by atoms with E-state index in [1.165, 1.54) is 25.5 Å². The molecule has 2 aliphatic carbocycles. The first-order chi connectivity index (χ1) is 10.4. The van der Waals surface area contributed by atoms with E-state index >= 15 is 0 Å². The number of hydrogen-bond donors (Lipinski definition) is 1. The molecule has 0 bridgehead atoms. The standard InChI is InChI=1S/C17H23NO3S/c1-11-4-5-12(10-14(11)22(2,19)20)18-15-13-6-9-21-16(13)17(15)7-3-8-17/h4-5,10,13,15-16,18H,3,6-9H2,1-2H3. The number of anilines is 1. The van der Waals surface area contributed by atoms with Gasteiger partial charge in [0.2, 0.25) is 0 Å². The molecule has 22 heavy (non-hydrogen) atoms. The summed E-state index contributed by atoms with van der Waals surface area (Å²) in [6.45, 7) is 2.72. The molecule has 3 unspecified atom stereocenters. The predicted molar refractivity (Wildman–Crippen MR) is 85.8 cm³/mol. The van der Waals surface area contributed by atoms with Gasteiger partial charge in [-0.05, 0) is 43.9 Å². The smallest absolute Gasteiger partial charge is 0.175 e. The average molecular weight is 321 g/mol. The normalized spacial score (nSPS) is 32.2. The number of hydrogen-bond acceptors (Lipinski definition) is 4.